The molecule has 0 aromatic heterocycles. The van der Waals surface area contributed by atoms with E-state index in [4.69, 9.17) is 25.7 Å². The molecule has 0 bridgehead atoms. The van der Waals surface area contributed by atoms with E-state index in [1.165, 1.54) is 17.1 Å². The van der Waals surface area contributed by atoms with Crippen molar-refractivity contribution in [2.24, 2.45) is 16.9 Å². The van der Waals surface area contributed by atoms with Crippen LogP contribution in [0.15, 0.2) is 12.2 Å². The molecule has 1 heterocycles. The van der Waals surface area contributed by atoms with Gasteiger partial charge in [-0.1, -0.05) is 27.2 Å². The number of primary amides is 1. The highest BCUT2D eigenvalue weighted by Crippen LogP contribution is 2.22. The van der Waals surface area contributed by atoms with Gasteiger partial charge in [0.25, 0.3) is 11.8 Å². The summed E-state index contributed by atoms with van der Waals surface area (Å²) in [4.78, 5) is 34.9. The Morgan fingerprint density at radius 2 is 1.67 bits per heavy atom. The monoisotopic (exact) mass is 427 g/mol. The van der Waals surface area contributed by atoms with E-state index in [9.17, 15) is 14.4 Å². The summed E-state index contributed by atoms with van der Waals surface area (Å²) in [6.07, 6.45) is 5.71. The number of imide groups is 1. The smallest absolute Gasteiger partial charge is 0.404 e. The van der Waals surface area contributed by atoms with Crippen LogP contribution in [0.5, 0.6) is 0 Å². The van der Waals surface area contributed by atoms with Gasteiger partial charge in [-0.05, 0) is 31.1 Å². The number of hydrogen-bond acceptors (Lipinski definition) is 7. The Morgan fingerprint density at radius 3 is 2.27 bits per heavy atom. The molecule has 0 spiro atoms. The quantitative estimate of drug-likeness (QED) is 0.300. The fourth-order valence-electron chi connectivity index (χ4n) is 2.98. The van der Waals surface area contributed by atoms with Gasteiger partial charge in [0.05, 0.1) is 19.3 Å². The molecule has 0 aliphatic carbocycles. The zero-order chi connectivity index (χ0) is 22.6. The van der Waals surface area contributed by atoms with Crippen LogP contribution in [0.1, 0.15) is 52.9 Å². The third-order valence-corrected chi connectivity index (χ3v) is 4.86. The number of carbonyl (C=O) groups is 3. The molecule has 0 saturated carbocycles. The molecule has 1 aliphatic rings. The van der Waals surface area contributed by atoms with Crippen LogP contribution in [0.25, 0.3) is 0 Å². The van der Waals surface area contributed by atoms with Crippen molar-refractivity contribution in [2.75, 3.05) is 33.0 Å². The van der Waals surface area contributed by atoms with Crippen molar-refractivity contribution in [1.29, 1.82) is 0 Å². The fraction of sp³-hybridized carbons (Fsp3) is 0.762. The summed E-state index contributed by atoms with van der Waals surface area (Å²) in [7, 11) is 0. The molecule has 30 heavy (non-hydrogen) atoms. The van der Waals surface area contributed by atoms with E-state index in [-0.39, 0.29) is 36.0 Å². The van der Waals surface area contributed by atoms with Gasteiger partial charge in [0.1, 0.15) is 6.61 Å². The Bertz CT molecular complexity index is 570. The predicted octanol–water partition coefficient (Wildman–Crippen LogP) is 1.73. The average Bonchev–Trinajstić information content (AvgIpc) is 2.97. The molecule has 1 aliphatic heterocycles. The maximum Gasteiger partial charge on any atom is 0.404 e. The largest absolute Gasteiger partial charge is 0.447 e. The number of unbranched alkanes of at least 4 members (excludes halogenated alkanes) is 1. The van der Waals surface area contributed by atoms with Crippen LogP contribution in [0.3, 0.4) is 0 Å². The van der Waals surface area contributed by atoms with E-state index in [1.807, 2.05) is 20.8 Å². The molecular weight excluding hydrogens is 390 g/mol. The van der Waals surface area contributed by atoms with E-state index in [2.05, 4.69) is 0 Å². The van der Waals surface area contributed by atoms with E-state index in [0.717, 1.165) is 32.1 Å². The maximum atomic E-state index is 11.5. The molecule has 0 radical (unpaired) electrons. The maximum absolute atomic E-state index is 11.5. The highest BCUT2D eigenvalue weighted by atomic mass is 16.6. The number of hydrogen-bond donors (Lipinski definition) is 2. The summed E-state index contributed by atoms with van der Waals surface area (Å²) in [5.74, 6) is -0.473. The molecule has 1 rings (SSSR count). The highest BCUT2D eigenvalue weighted by Gasteiger charge is 2.26. The van der Waals surface area contributed by atoms with E-state index >= 15 is 0 Å². The van der Waals surface area contributed by atoms with Crippen molar-refractivity contribution in [2.45, 2.75) is 65.0 Å². The van der Waals surface area contributed by atoms with E-state index in [0.29, 0.717) is 26.4 Å². The average molecular weight is 428 g/mol. The van der Waals surface area contributed by atoms with Crippen LogP contribution < -0.4 is 11.5 Å². The minimum atomic E-state index is -0.810. The first-order valence-electron chi connectivity index (χ1n) is 10.5. The van der Waals surface area contributed by atoms with Gasteiger partial charge < -0.3 is 25.7 Å². The lowest BCUT2D eigenvalue weighted by Gasteiger charge is -2.30. The Morgan fingerprint density at radius 1 is 1.03 bits per heavy atom. The SMILES string of the molecule is CC(C)(C)C(COC(N)=O)OCCOCCCC(N)CCCCN1C(=O)C=CC1=O. The molecule has 0 aromatic carbocycles. The van der Waals surface area contributed by atoms with Gasteiger partial charge in [-0.2, -0.15) is 0 Å². The van der Waals surface area contributed by atoms with E-state index < -0.39 is 6.09 Å². The van der Waals surface area contributed by atoms with Gasteiger partial charge in [0.15, 0.2) is 0 Å². The summed E-state index contributed by atoms with van der Waals surface area (Å²) in [6.45, 7) is 8.01. The molecule has 0 fully saturated rings. The molecule has 3 amide bonds. The van der Waals surface area contributed by atoms with Gasteiger partial charge in [0, 0.05) is 31.3 Å². The van der Waals surface area contributed by atoms with Crippen LogP contribution in [0.2, 0.25) is 0 Å². The first-order chi connectivity index (χ1) is 14.1. The van der Waals surface area contributed by atoms with Crippen LogP contribution in [-0.4, -0.2) is 67.9 Å². The van der Waals surface area contributed by atoms with Crippen molar-refractivity contribution in [1.82, 2.24) is 4.90 Å². The van der Waals surface area contributed by atoms with Crippen LogP contribution in [-0.2, 0) is 23.8 Å². The molecule has 4 N–H and O–H groups in total. The third-order valence-electron chi connectivity index (χ3n) is 4.86. The summed E-state index contributed by atoms with van der Waals surface area (Å²) >= 11 is 0. The molecular formula is C21H37N3O6. The summed E-state index contributed by atoms with van der Waals surface area (Å²) in [5, 5.41) is 0. The lowest BCUT2D eigenvalue weighted by atomic mass is 9.89. The fourth-order valence-corrected chi connectivity index (χ4v) is 2.98. The highest BCUT2D eigenvalue weighted by molar-refractivity contribution is 6.12. The van der Waals surface area contributed by atoms with Gasteiger partial charge in [-0.3, -0.25) is 14.5 Å². The number of rotatable bonds is 15. The number of ether oxygens (including phenoxy) is 3. The van der Waals surface area contributed by atoms with Gasteiger partial charge >= 0.3 is 6.09 Å². The molecule has 172 valence electrons. The van der Waals surface area contributed by atoms with Crippen molar-refractivity contribution in [3.05, 3.63) is 12.2 Å². The van der Waals surface area contributed by atoms with Crippen LogP contribution in [0, 0.1) is 5.41 Å². The summed E-state index contributed by atoms with van der Waals surface area (Å²) in [5.41, 5.74) is 10.9. The number of amides is 3. The summed E-state index contributed by atoms with van der Waals surface area (Å²) < 4.78 is 16.2. The topological polar surface area (TPSA) is 134 Å². The first kappa shape index (κ1) is 26.1. The van der Waals surface area contributed by atoms with Gasteiger partial charge in [-0.25, -0.2) is 4.79 Å². The number of nitrogens with two attached hydrogens (primary N) is 2. The summed E-state index contributed by atoms with van der Waals surface area (Å²) in [6, 6.07) is 0.0733. The van der Waals surface area contributed by atoms with Crippen molar-refractivity contribution >= 4 is 17.9 Å². The van der Waals surface area contributed by atoms with Gasteiger partial charge in [-0.15, -0.1) is 0 Å². The van der Waals surface area contributed by atoms with Gasteiger partial charge in [0.2, 0.25) is 0 Å². The third kappa shape index (κ3) is 10.7. The minimum Gasteiger partial charge on any atom is -0.447 e. The molecule has 2 atom stereocenters. The molecule has 9 nitrogen and oxygen atoms in total. The second-order valence-corrected chi connectivity index (χ2v) is 8.53. The lowest BCUT2D eigenvalue weighted by Crippen LogP contribution is -2.36. The Kier molecular flexibility index (Phi) is 11.6. The Balaban J connectivity index is 2.02. The molecule has 0 aromatic rings. The molecule has 0 saturated heterocycles. The van der Waals surface area contributed by atoms with Crippen LogP contribution in [0.4, 0.5) is 4.79 Å². The zero-order valence-electron chi connectivity index (χ0n) is 18.4. The Labute approximate surface area is 179 Å². The van der Waals surface area contributed by atoms with Crippen molar-refractivity contribution in [3.8, 4) is 0 Å². The normalized spacial score (nSPS) is 16.2. The van der Waals surface area contributed by atoms with Crippen molar-refractivity contribution in [3.63, 3.8) is 0 Å². The first-order valence-corrected chi connectivity index (χ1v) is 10.5. The standard InChI is InChI=1S/C21H37N3O6/c1-21(2,3)17(15-30-20(23)27)29-14-13-28-12-6-8-16(22)7-4-5-11-24-18(25)9-10-19(24)26/h9-10,16-17H,4-8,11-15,22H2,1-3H3,(H2,23,27). The zero-order valence-corrected chi connectivity index (χ0v) is 18.4. The molecule has 2 unspecified atom stereocenters. The van der Waals surface area contributed by atoms with Crippen molar-refractivity contribution < 1.29 is 28.6 Å². The second kappa shape index (κ2) is 13.4. The number of nitrogens with zero attached hydrogens (tertiary/aromatic N) is 1. The lowest BCUT2D eigenvalue weighted by molar-refractivity contribution is -0.136. The number of carbonyl (C=O) groups excluding carboxylic acids is 3. The molecule has 9 heteroatoms. The van der Waals surface area contributed by atoms with Crippen LogP contribution >= 0.6 is 0 Å². The predicted molar refractivity (Wildman–Crippen MR) is 112 cm³/mol. The minimum absolute atomic E-state index is 0.0733. The van der Waals surface area contributed by atoms with E-state index in [1.54, 1.807) is 0 Å². The second-order valence-electron chi connectivity index (χ2n) is 8.53. The Hall–Kier alpha value is -1.97.